The van der Waals surface area contributed by atoms with Crippen LogP contribution in [0.1, 0.15) is 39.5 Å². The lowest BCUT2D eigenvalue weighted by Gasteiger charge is -2.15. The zero-order valence-corrected chi connectivity index (χ0v) is 10.7. The number of carbonyl (C=O) groups excluding carboxylic acids is 2. The van der Waals surface area contributed by atoms with E-state index < -0.39 is 6.04 Å². The highest BCUT2D eigenvalue weighted by molar-refractivity contribution is 5.85. The third-order valence-electron chi connectivity index (χ3n) is 2.45. The Balaban J connectivity index is 3.66. The second-order valence-electron chi connectivity index (χ2n) is 4.41. The number of rotatable bonds is 7. The van der Waals surface area contributed by atoms with E-state index in [-0.39, 0.29) is 17.7 Å². The number of hydrazine groups is 1. The van der Waals surface area contributed by atoms with E-state index in [0.717, 1.165) is 19.3 Å². The standard InChI is InChI=1S/C11H24N4O2/c1-8(2)10(13)11(17)15-14-9(16)6-4-3-5-7-12/h8,10H,3-7,12-13H2,1-2H3,(H,14,16)(H,15,17)/t10-/m1/s1. The van der Waals surface area contributed by atoms with Gasteiger partial charge in [-0.1, -0.05) is 20.3 Å². The molecule has 6 N–H and O–H groups in total. The van der Waals surface area contributed by atoms with E-state index in [1.165, 1.54) is 0 Å². The minimum atomic E-state index is -0.604. The van der Waals surface area contributed by atoms with Gasteiger partial charge in [0.25, 0.3) is 5.91 Å². The van der Waals surface area contributed by atoms with Crippen LogP contribution < -0.4 is 22.3 Å². The molecule has 1 atom stereocenters. The van der Waals surface area contributed by atoms with E-state index >= 15 is 0 Å². The van der Waals surface area contributed by atoms with Crippen LogP contribution in [-0.4, -0.2) is 24.4 Å². The zero-order chi connectivity index (χ0) is 13.3. The van der Waals surface area contributed by atoms with E-state index in [0.29, 0.717) is 13.0 Å². The summed E-state index contributed by atoms with van der Waals surface area (Å²) in [7, 11) is 0. The van der Waals surface area contributed by atoms with E-state index in [1.54, 1.807) is 0 Å². The molecule has 0 bridgehead atoms. The Bertz CT molecular complexity index is 244. The summed E-state index contributed by atoms with van der Waals surface area (Å²) < 4.78 is 0. The molecule has 0 aliphatic heterocycles. The van der Waals surface area contributed by atoms with Gasteiger partial charge in [0.1, 0.15) is 0 Å². The normalized spacial score (nSPS) is 12.3. The van der Waals surface area contributed by atoms with Crippen molar-refractivity contribution in [2.75, 3.05) is 6.54 Å². The minimum absolute atomic E-state index is 0.0384. The van der Waals surface area contributed by atoms with Crippen molar-refractivity contribution in [1.29, 1.82) is 0 Å². The SMILES string of the molecule is CC(C)[C@@H](N)C(=O)NNC(=O)CCCCCN. The third-order valence-corrected chi connectivity index (χ3v) is 2.45. The topological polar surface area (TPSA) is 110 Å². The van der Waals surface area contributed by atoms with Crippen molar-refractivity contribution < 1.29 is 9.59 Å². The number of hydrogen-bond donors (Lipinski definition) is 4. The van der Waals surface area contributed by atoms with Gasteiger partial charge in [-0.05, 0) is 25.3 Å². The first-order chi connectivity index (χ1) is 7.99. The van der Waals surface area contributed by atoms with Gasteiger partial charge in [0.15, 0.2) is 0 Å². The Morgan fingerprint density at radius 1 is 1.12 bits per heavy atom. The number of unbranched alkanes of at least 4 members (excludes halogenated alkanes) is 2. The number of carbonyl (C=O) groups is 2. The maximum Gasteiger partial charge on any atom is 0.255 e. The molecule has 0 heterocycles. The fraction of sp³-hybridized carbons (Fsp3) is 0.818. The number of amides is 2. The molecule has 17 heavy (non-hydrogen) atoms. The minimum Gasteiger partial charge on any atom is -0.330 e. The summed E-state index contributed by atoms with van der Waals surface area (Å²) in [6.45, 7) is 4.33. The Morgan fingerprint density at radius 3 is 2.29 bits per heavy atom. The van der Waals surface area contributed by atoms with Crippen LogP contribution in [0.4, 0.5) is 0 Å². The molecular formula is C11H24N4O2. The molecule has 6 heteroatoms. The first-order valence-corrected chi connectivity index (χ1v) is 6.03. The first-order valence-electron chi connectivity index (χ1n) is 6.03. The average molecular weight is 244 g/mol. The van der Waals surface area contributed by atoms with Crippen LogP contribution in [0.5, 0.6) is 0 Å². The summed E-state index contributed by atoms with van der Waals surface area (Å²) in [6.07, 6.45) is 2.99. The van der Waals surface area contributed by atoms with Gasteiger partial charge in [0.05, 0.1) is 6.04 Å². The van der Waals surface area contributed by atoms with Gasteiger partial charge in [0.2, 0.25) is 5.91 Å². The molecule has 0 unspecified atom stereocenters. The Labute approximate surface area is 102 Å². The van der Waals surface area contributed by atoms with Crippen LogP contribution in [-0.2, 0) is 9.59 Å². The highest BCUT2D eigenvalue weighted by Gasteiger charge is 2.17. The van der Waals surface area contributed by atoms with E-state index in [2.05, 4.69) is 10.9 Å². The van der Waals surface area contributed by atoms with Crippen molar-refractivity contribution in [1.82, 2.24) is 10.9 Å². The van der Waals surface area contributed by atoms with Crippen molar-refractivity contribution in [3.8, 4) is 0 Å². The molecule has 100 valence electrons. The fourth-order valence-corrected chi connectivity index (χ4v) is 1.19. The van der Waals surface area contributed by atoms with Gasteiger partial charge in [-0.15, -0.1) is 0 Å². The van der Waals surface area contributed by atoms with E-state index in [4.69, 9.17) is 11.5 Å². The fourth-order valence-electron chi connectivity index (χ4n) is 1.19. The van der Waals surface area contributed by atoms with Crippen molar-refractivity contribution in [3.05, 3.63) is 0 Å². The zero-order valence-electron chi connectivity index (χ0n) is 10.7. The Morgan fingerprint density at radius 2 is 1.76 bits per heavy atom. The molecule has 0 rings (SSSR count). The Kier molecular flexibility index (Phi) is 8.35. The quantitative estimate of drug-likeness (QED) is 0.362. The van der Waals surface area contributed by atoms with Crippen molar-refractivity contribution in [2.45, 2.75) is 45.6 Å². The molecular weight excluding hydrogens is 220 g/mol. The molecule has 0 aromatic rings. The molecule has 0 saturated carbocycles. The van der Waals surface area contributed by atoms with Crippen LogP contribution >= 0.6 is 0 Å². The highest BCUT2D eigenvalue weighted by Crippen LogP contribution is 1.98. The Hall–Kier alpha value is -1.14. The first kappa shape index (κ1) is 15.9. The highest BCUT2D eigenvalue weighted by atomic mass is 16.2. The van der Waals surface area contributed by atoms with Gasteiger partial charge in [-0.2, -0.15) is 0 Å². The van der Waals surface area contributed by atoms with Crippen molar-refractivity contribution >= 4 is 11.8 Å². The lowest BCUT2D eigenvalue weighted by molar-refractivity contribution is -0.130. The third kappa shape index (κ3) is 7.70. The second-order valence-corrected chi connectivity index (χ2v) is 4.41. The monoisotopic (exact) mass is 244 g/mol. The molecule has 0 aliphatic rings. The van der Waals surface area contributed by atoms with Crippen LogP contribution in [0.15, 0.2) is 0 Å². The maximum atomic E-state index is 11.4. The summed E-state index contributed by atoms with van der Waals surface area (Å²) in [5, 5.41) is 0. The molecule has 2 amide bonds. The van der Waals surface area contributed by atoms with Crippen molar-refractivity contribution in [3.63, 3.8) is 0 Å². The summed E-state index contributed by atoms with van der Waals surface area (Å²) in [5.74, 6) is -0.530. The predicted octanol–water partition coefficient (Wildman–Crippen LogP) is -0.364. The van der Waals surface area contributed by atoms with Crippen LogP contribution in [0.25, 0.3) is 0 Å². The summed E-state index contributed by atoms with van der Waals surface area (Å²) in [4.78, 5) is 22.7. The molecule has 0 aromatic carbocycles. The molecule has 6 nitrogen and oxygen atoms in total. The number of hydrogen-bond acceptors (Lipinski definition) is 4. The average Bonchev–Trinajstić information content (AvgIpc) is 2.30. The smallest absolute Gasteiger partial charge is 0.255 e. The summed E-state index contributed by atoms with van der Waals surface area (Å²) in [5.41, 5.74) is 15.6. The molecule has 0 aromatic heterocycles. The van der Waals surface area contributed by atoms with Gasteiger partial charge >= 0.3 is 0 Å². The second kappa shape index (κ2) is 8.95. The molecule has 0 aliphatic carbocycles. The van der Waals surface area contributed by atoms with Gasteiger partial charge in [0, 0.05) is 6.42 Å². The number of nitrogens with one attached hydrogen (secondary N) is 2. The van der Waals surface area contributed by atoms with Crippen LogP contribution in [0.2, 0.25) is 0 Å². The van der Waals surface area contributed by atoms with Gasteiger partial charge in [-0.25, -0.2) is 0 Å². The molecule has 0 fully saturated rings. The number of nitrogens with two attached hydrogens (primary N) is 2. The van der Waals surface area contributed by atoms with E-state index in [1.807, 2.05) is 13.8 Å². The maximum absolute atomic E-state index is 11.4. The molecule has 0 spiro atoms. The largest absolute Gasteiger partial charge is 0.330 e. The lowest BCUT2D eigenvalue weighted by Crippen LogP contribution is -2.51. The van der Waals surface area contributed by atoms with Gasteiger partial charge < -0.3 is 11.5 Å². The molecule has 0 radical (unpaired) electrons. The lowest BCUT2D eigenvalue weighted by atomic mass is 10.1. The van der Waals surface area contributed by atoms with Crippen molar-refractivity contribution in [2.24, 2.45) is 17.4 Å². The molecule has 0 saturated heterocycles. The van der Waals surface area contributed by atoms with Gasteiger partial charge in [-0.3, -0.25) is 20.4 Å². The summed E-state index contributed by atoms with van der Waals surface area (Å²) >= 11 is 0. The summed E-state index contributed by atoms with van der Waals surface area (Å²) in [6, 6.07) is -0.604. The van der Waals surface area contributed by atoms with Crippen LogP contribution in [0.3, 0.4) is 0 Å². The van der Waals surface area contributed by atoms with Crippen LogP contribution in [0, 0.1) is 5.92 Å². The predicted molar refractivity (Wildman–Crippen MR) is 66.6 cm³/mol. The van der Waals surface area contributed by atoms with E-state index in [9.17, 15) is 9.59 Å².